The van der Waals surface area contributed by atoms with E-state index < -0.39 is 0 Å². The van der Waals surface area contributed by atoms with E-state index in [1.807, 2.05) is 6.07 Å². The van der Waals surface area contributed by atoms with E-state index in [0.29, 0.717) is 8.81 Å². The van der Waals surface area contributed by atoms with Crippen LogP contribution in [0.4, 0.5) is 0 Å². The van der Waals surface area contributed by atoms with E-state index in [-0.39, 0.29) is 0 Å². The fourth-order valence-electron chi connectivity index (χ4n) is 2.33. The van der Waals surface area contributed by atoms with Crippen molar-refractivity contribution in [3.05, 3.63) is 30.3 Å². The van der Waals surface area contributed by atoms with E-state index in [1.165, 1.54) is 43.8 Å². The molecule has 0 aromatic heterocycles. The molecule has 102 valence electrons. The van der Waals surface area contributed by atoms with Crippen LogP contribution in [0.5, 0.6) is 0 Å². The van der Waals surface area contributed by atoms with Crippen LogP contribution in [0.25, 0.3) is 0 Å². The summed E-state index contributed by atoms with van der Waals surface area (Å²) >= 11 is 0. The van der Waals surface area contributed by atoms with Crippen molar-refractivity contribution in [1.82, 2.24) is 0 Å². The van der Waals surface area contributed by atoms with Crippen LogP contribution >= 0.6 is 8.81 Å². The first-order chi connectivity index (χ1) is 8.86. The molecule has 18 heavy (non-hydrogen) atoms. The van der Waals surface area contributed by atoms with Crippen LogP contribution in [-0.4, -0.2) is 6.61 Å². The summed E-state index contributed by atoms with van der Waals surface area (Å²) in [5.74, 6) is 0.920. The van der Waals surface area contributed by atoms with Crippen LogP contribution in [0.15, 0.2) is 30.3 Å². The maximum atomic E-state index is 5.75. The minimum atomic E-state index is 0.510. The van der Waals surface area contributed by atoms with Gasteiger partial charge in [0.2, 0.25) is 0 Å². The zero-order chi connectivity index (χ0) is 13.1. The van der Waals surface area contributed by atoms with E-state index in [4.69, 9.17) is 4.52 Å². The van der Waals surface area contributed by atoms with Gasteiger partial charge in [0, 0.05) is 8.81 Å². The fourth-order valence-corrected chi connectivity index (χ4v) is 3.08. The largest absolute Gasteiger partial charge is 0.358 e. The second-order valence-electron chi connectivity index (χ2n) is 4.90. The van der Waals surface area contributed by atoms with Gasteiger partial charge < -0.3 is 4.52 Å². The van der Waals surface area contributed by atoms with Gasteiger partial charge in [-0.1, -0.05) is 69.9 Å². The predicted molar refractivity (Wildman–Crippen MR) is 82.9 cm³/mol. The Morgan fingerprint density at radius 2 is 1.67 bits per heavy atom. The Balaban J connectivity index is 2.06. The molecule has 0 heterocycles. The van der Waals surface area contributed by atoms with Crippen molar-refractivity contribution in [2.24, 2.45) is 5.92 Å². The monoisotopic (exact) mass is 266 g/mol. The van der Waals surface area contributed by atoms with Crippen LogP contribution in [0, 0.1) is 5.92 Å². The molecule has 0 saturated carbocycles. The minimum Gasteiger partial charge on any atom is -0.358 e. The van der Waals surface area contributed by atoms with E-state index >= 15 is 0 Å². The van der Waals surface area contributed by atoms with Crippen LogP contribution in [0.3, 0.4) is 0 Å². The van der Waals surface area contributed by atoms with Crippen LogP contribution in [0.2, 0.25) is 0 Å². The highest BCUT2D eigenvalue weighted by molar-refractivity contribution is 7.41. The van der Waals surface area contributed by atoms with E-state index in [9.17, 15) is 0 Å². The summed E-state index contributed by atoms with van der Waals surface area (Å²) in [6.45, 7) is 5.49. The Labute approximate surface area is 114 Å². The maximum Gasteiger partial charge on any atom is 0.0510 e. The molecule has 0 aliphatic carbocycles. The summed E-state index contributed by atoms with van der Waals surface area (Å²) in [6.07, 6.45) is 7.95. The molecule has 0 bridgehead atoms. The molecular weight excluding hydrogens is 239 g/mol. The molecule has 1 unspecified atom stereocenters. The SMILES string of the molecule is CCCC(CCC)CCCOPc1ccccc1. The van der Waals surface area contributed by atoms with Crippen molar-refractivity contribution in [3.63, 3.8) is 0 Å². The van der Waals surface area contributed by atoms with Gasteiger partial charge in [0.15, 0.2) is 0 Å². The van der Waals surface area contributed by atoms with Gasteiger partial charge >= 0.3 is 0 Å². The van der Waals surface area contributed by atoms with Gasteiger partial charge in [-0.25, -0.2) is 0 Å². The molecule has 0 aliphatic heterocycles. The first kappa shape index (κ1) is 15.7. The van der Waals surface area contributed by atoms with E-state index in [2.05, 4.69) is 38.1 Å². The van der Waals surface area contributed by atoms with Gasteiger partial charge in [0.25, 0.3) is 0 Å². The zero-order valence-electron chi connectivity index (χ0n) is 11.8. The quantitative estimate of drug-likeness (QED) is 0.431. The molecule has 1 nitrogen and oxygen atoms in total. The number of hydrogen-bond acceptors (Lipinski definition) is 1. The van der Waals surface area contributed by atoms with Crippen LogP contribution < -0.4 is 5.30 Å². The van der Waals surface area contributed by atoms with Crippen molar-refractivity contribution in [1.29, 1.82) is 0 Å². The van der Waals surface area contributed by atoms with Crippen molar-refractivity contribution < 1.29 is 4.52 Å². The van der Waals surface area contributed by atoms with Crippen molar-refractivity contribution in [2.45, 2.75) is 52.4 Å². The lowest BCUT2D eigenvalue weighted by molar-refractivity contribution is 0.314. The maximum absolute atomic E-state index is 5.75. The first-order valence-corrected chi connectivity index (χ1v) is 8.20. The second kappa shape index (κ2) is 10.5. The lowest BCUT2D eigenvalue weighted by Crippen LogP contribution is -2.02. The third-order valence-electron chi connectivity index (χ3n) is 3.22. The van der Waals surface area contributed by atoms with Crippen molar-refractivity contribution in [3.8, 4) is 0 Å². The Kier molecular flexibility index (Phi) is 9.16. The molecule has 0 aliphatic rings. The molecule has 0 fully saturated rings. The minimum absolute atomic E-state index is 0.510. The van der Waals surface area contributed by atoms with Gasteiger partial charge in [0.05, 0.1) is 6.61 Å². The number of rotatable bonds is 10. The molecule has 0 N–H and O–H groups in total. The standard InChI is InChI=1S/C16H27OP/c1-3-9-15(10-4-2)11-8-14-17-18-16-12-6-5-7-13-16/h5-7,12-13,15,18H,3-4,8-11,14H2,1-2H3. The van der Waals surface area contributed by atoms with Gasteiger partial charge in [0.1, 0.15) is 0 Å². The topological polar surface area (TPSA) is 9.23 Å². The van der Waals surface area contributed by atoms with Crippen molar-refractivity contribution in [2.75, 3.05) is 6.61 Å². The molecule has 0 spiro atoms. The molecule has 1 aromatic carbocycles. The first-order valence-electron chi connectivity index (χ1n) is 7.29. The second-order valence-corrected chi connectivity index (χ2v) is 5.97. The Morgan fingerprint density at radius 1 is 1.00 bits per heavy atom. The van der Waals surface area contributed by atoms with Crippen molar-refractivity contribution >= 4 is 14.1 Å². The Bertz CT molecular complexity index is 280. The highest BCUT2D eigenvalue weighted by Crippen LogP contribution is 2.20. The Hall–Kier alpha value is -0.390. The normalized spacial score (nSPS) is 11.7. The summed E-state index contributed by atoms with van der Waals surface area (Å²) in [5, 5.41) is 1.30. The third kappa shape index (κ3) is 7.13. The lowest BCUT2D eigenvalue weighted by atomic mass is 9.94. The molecular formula is C16H27OP. The van der Waals surface area contributed by atoms with Gasteiger partial charge in [-0.15, -0.1) is 0 Å². The average molecular weight is 266 g/mol. The summed E-state index contributed by atoms with van der Waals surface area (Å²) in [7, 11) is 0.510. The predicted octanol–water partition coefficient (Wildman–Crippen LogP) is 4.92. The van der Waals surface area contributed by atoms with Crippen LogP contribution in [0.1, 0.15) is 52.4 Å². The number of benzene rings is 1. The smallest absolute Gasteiger partial charge is 0.0510 e. The third-order valence-corrected chi connectivity index (χ3v) is 4.13. The summed E-state index contributed by atoms with van der Waals surface area (Å²) in [5.41, 5.74) is 0. The molecule has 1 aromatic rings. The fraction of sp³-hybridized carbons (Fsp3) is 0.625. The van der Waals surface area contributed by atoms with Gasteiger partial charge in [-0.05, 0) is 24.1 Å². The molecule has 1 atom stereocenters. The molecule has 2 heteroatoms. The average Bonchev–Trinajstić information content (AvgIpc) is 2.40. The van der Waals surface area contributed by atoms with Gasteiger partial charge in [-0.3, -0.25) is 0 Å². The molecule has 0 radical (unpaired) electrons. The summed E-state index contributed by atoms with van der Waals surface area (Å²) < 4.78 is 5.75. The van der Waals surface area contributed by atoms with Gasteiger partial charge in [-0.2, -0.15) is 0 Å². The molecule has 0 saturated heterocycles. The highest BCUT2D eigenvalue weighted by atomic mass is 31.1. The van der Waals surface area contributed by atoms with Crippen LogP contribution in [-0.2, 0) is 4.52 Å². The summed E-state index contributed by atoms with van der Waals surface area (Å²) in [4.78, 5) is 0. The highest BCUT2D eigenvalue weighted by Gasteiger charge is 2.06. The van der Waals surface area contributed by atoms with E-state index in [0.717, 1.165) is 12.5 Å². The Morgan fingerprint density at radius 3 is 2.28 bits per heavy atom. The lowest BCUT2D eigenvalue weighted by Gasteiger charge is -2.14. The molecule has 1 rings (SSSR count). The summed E-state index contributed by atoms with van der Waals surface area (Å²) in [6, 6.07) is 10.5. The number of hydrogen-bond donors (Lipinski definition) is 0. The van der Waals surface area contributed by atoms with E-state index in [1.54, 1.807) is 0 Å². The zero-order valence-corrected chi connectivity index (χ0v) is 12.8. The molecule has 0 amide bonds.